The molecule has 0 aliphatic rings. The van der Waals surface area contributed by atoms with Gasteiger partial charge in [-0.1, -0.05) is 18.2 Å². The molecule has 4 aromatic rings. The second kappa shape index (κ2) is 7.16. The molecule has 0 saturated carbocycles. The maximum absolute atomic E-state index is 14.2. The van der Waals surface area contributed by atoms with E-state index in [-0.39, 0.29) is 17.5 Å². The number of carbonyl (C=O) groups is 1. The van der Waals surface area contributed by atoms with Crippen LogP contribution in [-0.4, -0.2) is 15.5 Å². The predicted octanol–water partition coefficient (Wildman–Crippen LogP) is 4.74. The largest absolute Gasteiger partial charge is 0.337 e. The fourth-order valence-electron chi connectivity index (χ4n) is 3.27. The third-order valence-electron chi connectivity index (χ3n) is 4.70. The summed E-state index contributed by atoms with van der Waals surface area (Å²) in [6, 6.07) is 10.2. The molecule has 2 aromatic carbocycles. The highest BCUT2D eigenvalue weighted by molar-refractivity contribution is 7.21. The fraction of sp³-hybridized carbons (Fsp3) is 0.143. The normalized spacial score (nSPS) is 12.3. The van der Waals surface area contributed by atoms with Gasteiger partial charge >= 0.3 is 0 Å². The molecular weight excluding hydrogens is 380 g/mol. The Hall–Kier alpha value is -3.06. The van der Waals surface area contributed by atoms with Gasteiger partial charge in [-0.3, -0.25) is 4.79 Å². The van der Waals surface area contributed by atoms with Crippen molar-refractivity contribution in [3.63, 3.8) is 0 Å². The predicted molar refractivity (Wildman–Crippen MR) is 105 cm³/mol. The monoisotopic (exact) mass is 397 g/mol. The van der Waals surface area contributed by atoms with E-state index in [4.69, 9.17) is 0 Å². The Morgan fingerprint density at radius 3 is 2.57 bits per heavy atom. The molecular formula is C21H17F2N3OS. The Morgan fingerprint density at radius 1 is 1.18 bits per heavy atom. The minimum absolute atomic E-state index is 0.324. The lowest BCUT2D eigenvalue weighted by atomic mass is 10.1. The summed E-state index contributed by atoms with van der Waals surface area (Å²) >= 11 is 1.25. The summed E-state index contributed by atoms with van der Waals surface area (Å²) in [6.45, 7) is 1.74. The van der Waals surface area contributed by atoms with E-state index in [0.29, 0.717) is 27.2 Å². The fourth-order valence-corrected chi connectivity index (χ4v) is 4.40. The zero-order valence-electron chi connectivity index (χ0n) is 15.2. The first-order valence-electron chi connectivity index (χ1n) is 8.67. The number of hydrogen-bond acceptors (Lipinski definition) is 3. The van der Waals surface area contributed by atoms with Gasteiger partial charge in [0.25, 0.3) is 5.91 Å². The number of fused-ring (bicyclic) bond motifs is 1. The SMILES string of the molecule is Cc1c(C(=O)NC(c2ccc(F)cc2)c2nccn2C)sc2cccc(F)c12. The number of rotatable bonds is 4. The Balaban J connectivity index is 1.74. The first-order chi connectivity index (χ1) is 13.5. The highest BCUT2D eigenvalue weighted by Crippen LogP contribution is 2.33. The van der Waals surface area contributed by atoms with E-state index in [0.717, 1.165) is 4.70 Å². The van der Waals surface area contributed by atoms with Crippen molar-refractivity contribution in [2.24, 2.45) is 7.05 Å². The Kier molecular flexibility index (Phi) is 4.68. The number of carbonyl (C=O) groups excluding carboxylic acids is 1. The number of nitrogens with zero attached hydrogens (tertiary/aromatic N) is 2. The van der Waals surface area contributed by atoms with E-state index >= 15 is 0 Å². The van der Waals surface area contributed by atoms with Gasteiger partial charge in [0.15, 0.2) is 0 Å². The number of nitrogens with one attached hydrogen (secondary N) is 1. The van der Waals surface area contributed by atoms with Crippen LogP contribution >= 0.6 is 11.3 Å². The molecule has 1 N–H and O–H groups in total. The second-order valence-electron chi connectivity index (χ2n) is 6.52. The molecule has 7 heteroatoms. The van der Waals surface area contributed by atoms with E-state index in [1.807, 2.05) is 7.05 Å². The first-order valence-corrected chi connectivity index (χ1v) is 9.48. The van der Waals surface area contributed by atoms with Crippen LogP contribution in [0.2, 0.25) is 0 Å². The van der Waals surface area contributed by atoms with Gasteiger partial charge in [-0.2, -0.15) is 0 Å². The lowest BCUT2D eigenvalue weighted by Gasteiger charge is -2.19. The van der Waals surface area contributed by atoms with Gasteiger partial charge in [0.2, 0.25) is 0 Å². The Morgan fingerprint density at radius 2 is 1.93 bits per heavy atom. The molecule has 0 bridgehead atoms. The van der Waals surface area contributed by atoms with Gasteiger partial charge in [0, 0.05) is 29.5 Å². The van der Waals surface area contributed by atoms with Crippen LogP contribution in [0.1, 0.15) is 32.7 Å². The van der Waals surface area contributed by atoms with Crippen LogP contribution in [0, 0.1) is 18.6 Å². The van der Waals surface area contributed by atoms with Crippen molar-refractivity contribution < 1.29 is 13.6 Å². The van der Waals surface area contributed by atoms with Gasteiger partial charge in [0.1, 0.15) is 23.5 Å². The van der Waals surface area contributed by atoms with Crippen molar-refractivity contribution in [3.05, 3.63) is 88.3 Å². The van der Waals surface area contributed by atoms with Gasteiger partial charge < -0.3 is 9.88 Å². The summed E-state index contributed by atoms with van der Waals surface area (Å²) < 4.78 is 30.1. The van der Waals surface area contributed by atoms with Gasteiger partial charge in [-0.05, 0) is 42.3 Å². The molecule has 0 spiro atoms. The average Bonchev–Trinajstić information content (AvgIpc) is 3.24. The molecule has 0 aliphatic carbocycles. The summed E-state index contributed by atoms with van der Waals surface area (Å²) in [5.41, 5.74) is 1.31. The third kappa shape index (κ3) is 3.18. The molecule has 1 atom stereocenters. The van der Waals surface area contributed by atoms with Crippen molar-refractivity contribution in [2.45, 2.75) is 13.0 Å². The molecule has 2 aromatic heterocycles. The highest BCUT2D eigenvalue weighted by atomic mass is 32.1. The van der Waals surface area contributed by atoms with E-state index in [2.05, 4.69) is 10.3 Å². The summed E-state index contributed by atoms with van der Waals surface area (Å²) in [5, 5.41) is 3.44. The number of halogens is 2. The second-order valence-corrected chi connectivity index (χ2v) is 7.58. The molecule has 142 valence electrons. The molecule has 1 amide bonds. The zero-order valence-corrected chi connectivity index (χ0v) is 16.1. The molecule has 0 radical (unpaired) electrons. The number of hydrogen-bond donors (Lipinski definition) is 1. The lowest BCUT2D eigenvalue weighted by Crippen LogP contribution is -2.31. The smallest absolute Gasteiger partial charge is 0.262 e. The highest BCUT2D eigenvalue weighted by Gasteiger charge is 2.24. The quantitative estimate of drug-likeness (QED) is 0.541. The minimum Gasteiger partial charge on any atom is -0.337 e. The van der Waals surface area contributed by atoms with Crippen molar-refractivity contribution >= 4 is 27.3 Å². The summed E-state index contributed by atoms with van der Waals surface area (Å²) in [6.07, 6.45) is 3.41. The number of aromatic nitrogens is 2. The van der Waals surface area contributed by atoms with Crippen LogP contribution in [0.25, 0.3) is 10.1 Å². The summed E-state index contributed by atoms with van der Waals surface area (Å²) in [7, 11) is 1.82. The van der Waals surface area contributed by atoms with Crippen LogP contribution < -0.4 is 5.32 Å². The van der Waals surface area contributed by atoms with E-state index in [9.17, 15) is 13.6 Å². The molecule has 4 nitrogen and oxygen atoms in total. The topological polar surface area (TPSA) is 46.9 Å². The first kappa shape index (κ1) is 18.3. The van der Waals surface area contributed by atoms with E-state index < -0.39 is 6.04 Å². The Bertz CT molecular complexity index is 1160. The maximum atomic E-state index is 14.2. The molecule has 28 heavy (non-hydrogen) atoms. The summed E-state index contributed by atoms with van der Waals surface area (Å²) in [5.74, 6) is -0.408. The Labute approximate surface area is 164 Å². The van der Waals surface area contributed by atoms with Crippen molar-refractivity contribution in [2.75, 3.05) is 0 Å². The van der Waals surface area contributed by atoms with E-state index in [1.54, 1.807) is 48.1 Å². The number of imidazole rings is 1. The summed E-state index contributed by atoms with van der Waals surface area (Å²) in [4.78, 5) is 17.9. The van der Waals surface area contributed by atoms with Crippen molar-refractivity contribution in [3.8, 4) is 0 Å². The van der Waals surface area contributed by atoms with E-state index in [1.165, 1.54) is 29.5 Å². The number of aryl methyl sites for hydroxylation is 2. The molecule has 2 heterocycles. The zero-order chi connectivity index (χ0) is 19.8. The van der Waals surface area contributed by atoms with Crippen molar-refractivity contribution in [1.82, 2.24) is 14.9 Å². The third-order valence-corrected chi connectivity index (χ3v) is 5.96. The van der Waals surface area contributed by atoms with Crippen LogP contribution in [-0.2, 0) is 7.05 Å². The molecule has 1 unspecified atom stereocenters. The number of amides is 1. The lowest BCUT2D eigenvalue weighted by molar-refractivity contribution is 0.0945. The number of benzene rings is 2. The molecule has 4 rings (SSSR count). The van der Waals surface area contributed by atoms with Crippen LogP contribution in [0.15, 0.2) is 54.9 Å². The standard InChI is InChI=1S/C21H17F2N3OS/c1-12-17-15(23)4-3-5-16(17)28-19(12)21(27)25-18(20-24-10-11-26(20)2)13-6-8-14(22)9-7-13/h3-11,18H,1-2H3,(H,25,27). The number of thiophene rings is 1. The molecule has 0 fully saturated rings. The molecule has 0 saturated heterocycles. The van der Waals surface area contributed by atoms with Crippen LogP contribution in [0.4, 0.5) is 8.78 Å². The van der Waals surface area contributed by atoms with Crippen LogP contribution in [0.3, 0.4) is 0 Å². The van der Waals surface area contributed by atoms with Crippen LogP contribution in [0.5, 0.6) is 0 Å². The van der Waals surface area contributed by atoms with Gasteiger partial charge in [-0.25, -0.2) is 13.8 Å². The minimum atomic E-state index is -0.567. The van der Waals surface area contributed by atoms with Crippen molar-refractivity contribution in [1.29, 1.82) is 0 Å². The van der Waals surface area contributed by atoms with Gasteiger partial charge in [-0.15, -0.1) is 11.3 Å². The molecule has 0 aliphatic heterocycles. The maximum Gasteiger partial charge on any atom is 0.262 e. The average molecular weight is 397 g/mol. The van der Waals surface area contributed by atoms with Gasteiger partial charge in [0.05, 0.1) is 4.88 Å².